The highest BCUT2D eigenvalue weighted by atomic mass is 32.2. The molecule has 2 aromatic heterocycles. The zero-order valence-corrected chi connectivity index (χ0v) is 19.9. The van der Waals surface area contributed by atoms with Crippen LogP contribution in [0.2, 0.25) is 0 Å². The molecular formula is C23H25N3O5S2. The number of carbonyl (C=O) groups is 1. The summed E-state index contributed by atoms with van der Waals surface area (Å²) in [5, 5.41) is 5.04. The molecule has 2 atom stereocenters. The molecule has 1 saturated heterocycles. The van der Waals surface area contributed by atoms with E-state index in [9.17, 15) is 9.59 Å². The maximum Gasteiger partial charge on any atom is 0.272 e. The van der Waals surface area contributed by atoms with Gasteiger partial charge in [-0.2, -0.15) is 0 Å². The Balaban J connectivity index is 1.41. The molecule has 0 unspecified atom stereocenters. The molecule has 3 aromatic rings. The molecule has 2 aliphatic heterocycles. The molecule has 33 heavy (non-hydrogen) atoms. The third-order valence-electron chi connectivity index (χ3n) is 5.75. The summed E-state index contributed by atoms with van der Waals surface area (Å²) in [5.74, 6) is 1.30. The molecule has 0 saturated carbocycles. The van der Waals surface area contributed by atoms with Gasteiger partial charge < -0.3 is 19.5 Å². The van der Waals surface area contributed by atoms with Gasteiger partial charge in [0.1, 0.15) is 4.70 Å². The average molecular weight is 488 g/mol. The lowest BCUT2D eigenvalue weighted by Gasteiger charge is -2.18. The van der Waals surface area contributed by atoms with Gasteiger partial charge in [-0.1, -0.05) is 24.8 Å². The topological polar surface area (TPSA) is 91.7 Å². The van der Waals surface area contributed by atoms with E-state index in [0.29, 0.717) is 46.4 Å². The standard InChI is InChI=1S/C23H25N3O5S2/c1-2-19(21(27)24-11-15-4-3-8-29-15)33-23-25-16-7-9-32-20(16)22(28)26(23)12-14-5-6-17-18(10-14)31-13-30-17/h5-7,9-10,15,19H,2-4,8,11-13H2,1H3,(H,24,27)/t15-,19+/m1/s1. The summed E-state index contributed by atoms with van der Waals surface area (Å²) in [6.07, 6.45) is 2.70. The molecule has 0 aliphatic carbocycles. The Morgan fingerprint density at radius 3 is 3.03 bits per heavy atom. The number of hydrogen-bond acceptors (Lipinski definition) is 8. The van der Waals surface area contributed by atoms with Gasteiger partial charge in [-0.25, -0.2) is 4.98 Å². The SMILES string of the molecule is CC[C@H](Sc1nc2ccsc2c(=O)n1Cc1ccc2c(c1)OCO2)C(=O)NC[C@H]1CCCO1. The number of nitrogens with one attached hydrogen (secondary N) is 1. The summed E-state index contributed by atoms with van der Waals surface area (Å²) in [7, 11) is 0. The maximum absolute atomic E-state index is 13.3. The van der Waals surface area contributed by atoms with Crippen molar-refractivity contribution < 1.29 is 19.0 Å². The van der Waals surface area contributed by atoms with Gasteiger partial charge in [-0.15, -0.1) is 11.3 Å². The molecule has 2 aliphatic rings. The molecule has 174 valence electrons. The van der Waals surface area contributed by atoms with Gasteiger partial charge in [0.25, 0.3) is 5.56 Å². The van der Waals surface area contributed by atoms with Crippen LogP contribution >= 0.6 is 23.1 Å². The first-order valence-corrected chi connectivity index (χ1v) is 12.8. The van der Waals surface area contributed by atoms with Crippen LogP contribution in [0, 0.1) is 0 Å². The molecule has 0 spiro atoms. The quantitative estimate of drug-likeness (QED) is 0.385. The van der Waals surface area contributed by atoms with Crippen LogP contribution in [0.3, 0.4) is 0 Å². The second kappa shape index (κ2) is 9.74. The fourth-order valence-electron chi connectivity index (χ4n) is 3.96. The van der Waals surface area contributed by atoms with Crippen LogP contribution in [0.1, 0.15) is 31.7 Å². The summed E-state index contributed by atoms with van der Waals surface area (Å²) < 4.78 is 18.7. The van der Waals surface area contributed by atoms with E-state index in [1.54, 1.807) is 4.57 Å². The molecule has 1 fully saturated rings. The average Bonchev–Trinajstić information content (AvgIpc) is 3.59. The molecule has 5 rings (SSSR count). The van der Waals surface area contributed by atoms with Crippen molar-refractivity contribution in [1.29, 1.82) is 0 Å². The molecular weight excluding hydrogens is 462 g/mol. The molecule has 1 N–H and O–H groups in total. The van der Waals surface area contributed by atoms with Crippen molar-refractivity contribution >= 4 is 39.2 Å². The summed E-state index contributed by atoms with van der Waals surface area (Å²) in [4.78, 5) is 31.0. The first-order chi connectivity index (χ1) is 16.1. The normalized spacial score (nSPS) is 18.0. The Kier molecular flexibility index (Phi) is 6.57. The van der Waals surface area contributed by atoms with Gasteiger partial charge in [0.2, 0.25) is 12.7 Å². The molecule has 1 aromatic carbocycles. The van der Waals surface area contributed by atoms with Crippen LogP contribution < -0.4 is 20.3 Å². The van der Waals surface area contributed by atoms with E-state index in [1.165, 1.54) is 23.1 Å². The fourth-order valence-corrected chi connectivity index (χ4v) is 5.77. The highest BCUT2D eigenvalue weighted by molar-refractivity contribution is 8.00. The van der Waals surface area contributed by atoms with Crippen LogP contribution in [0.5, 0.6) is 11.5 Å². The second-order valence-corrected chi connectivity index (χ2v) is 10.1. The summed E-state index contributed by atoms with van der Waals surface area (Å²) in [6.45, 7) is 3.75. The second-order valence-electron chi connectivity index (χ2n) is 8.00. The minimum atomic E-state index is -0.364. The van der Waals surface area contributed by atoms with Crippen LogP contribution in [-0.2, 0) is 16.1 Å². The van der Waals surface area contributed by atoms with Crippen LogP contribution in [0.15, 0.2) is 39.6 Å². The van der Waals surface area contributed by atoms with E-state index in [4.69, 9.17) is 19.2 Å². The van der Waals surface area contributed by atoms with Crippen molar-refractivity contribution in [2.45, 2.75) is 49.2 Å². The largest absolute Gasteiger partial charge is 0.454 e. The van der Waals surface area contributed by atoms with Crippen LogP contribution in [0.4, 0.5) is 0 Å². The minimum Gasteiger partial charge on any atom is -0.454 e. The monoisotopic (exact) mass is 487 g/mol. The van der Waals surface area contributed by atoms with Gasteiger partial charge >= 0.3 is 0 Å². The number of fused-ring (bicyclic) bond motifs is 2. The minimum absolute atomic E-state index is 0.0627. The zero-order valence-electron chi connectivity index (χ0n) is 18.2. The number of thioether (sulfide) groups is 1. The third kappa shape index (κ3) is 4.73. The molecule has 0 radical (unpaired) electrons. The number of rotatable bonds is 8. The Bertz CT molecular complexity index is 1220. The molecule has 8 nitrogen and oxygen atoms in total. The van der Waals surface area contributed by atoms with Crippen molar-refractivity contribution in [3.8, 4) is 11.5 Å². The first-order valence-electron chi connectivity index (χ1n) is 11.0. The first kappa shape index (κ1) is 22.2. The van der Waals surface area contributed by atoms with E-state index >= 15 is 0 Å². The predicted molar refractivity (Wildman–Crippen MR) is 127 cm³/mol. The van der Waals surface area contributed by atoms with E-state index in [0.717, 1.165) is 25.0 Å². The van der Waals surface area contributed by atoms with E-state index in [2.05, 4.69) is 5.32 Å². The fraction of sp³-hybridized carbons (Fsp3) is 0.435. The highest BCUT2D eigenvalue weighted by Gasteiger charge is 2.24. The smallest absolute Gasteiger partial charge is 0.272 e. The summed E-state index contributed by atoms with van der Waals surface area (Å²) in [5.41, 5.74) is 1.45. The number of thiophene rings is 1. The van der Waals surface area contributed by atoms with Gasteiger partial charge in [0.15, 0.2) is 16.7 Å². The highest BCUT2D eigenvalue weighted by Crippen LogP contribution is 2.33. The van der Waals surface area contributed by atoms with Gasteiger partial charge in [0.05, 0.1) is 23.4 Å². The number of hydrogen-bond donors (Lipinski definition) is 1. The van der Waals surface area contributed by atoms with E-state index < -0.39 is 0 Å². The number of benzene rings is 1. The van der Waals surface area contributed by atoms with Crippen LogP contribution in [0.25, 0.3) is 10.2 Å². The van der Waals surface area contributed by atoms with Gasteiger partial charge in [0, 0.05) is 13.2 Å². The molecule has 4 heterocycles. The Labute approximate surface area is 199 Å². The molecule has 10 heteroatoms. The van der Waals surface area contributed by atoms with E-state index in [-0.39, 0.29) is 29.6 Å². The number of ether oxygens (including phenoxy) is 3. The van der Waals surface area contributed by atoms with Crippen molar-refractivity contribution in [2.24, 2.45) is 0 Å². The van der Waals surface area contributed by atoms with Crippen molar-refractivity contribution in [3.05, 3.63) is 45.6 Å². The van der Waals surface area contributed by atoms with Gasteiger partial charge in [-0.05, 0) is 48.4 Å². The summed E-state index contributed by atoms with van der Waals surface area (Å²) >= 11 is 2.71. The van der Waals surface area contributed by atoms with Crippen molar-refractivity contribution in [2.75, 3.05) is 19.9 Å². The lowest BCUT2D eigenvalue weighted by atomic mass is 10.2. The predicted octanol–water partition coefficient (Wildman–Crippen LogP) is 3.40. The van der Waals surface area contributed by atoms with E-state index in [1.807, 2.05) is 36.6 Å². The maximum atomic E-state index is 13.3. The Morgan fingerprint density at radius 2 is 2.21 bits per heavy atom. The Hall–Kier alpha value is -2.56. The summed E-state index contributed by atoms with van der Waals surface area (Å²) in [6, 6.07) is 7.49. The molecule has 0 bridgehead atoms. The zero-order chi connectivity index (χ0) is 22.8. The third-order valence-corrected chi connectivity index (χ3v) is 7.99. The lowest BCUT2D eigenvalue weighted by Crippen LogP contribution is -2.37. The van der Waals surface area contributed by atoms with Crippen molar-refractivity contribution in [3.63, 3.8) is 0 Å². The number of aromatic nitrogens is 2. The number of nitrogens with zero attached hydrogens (tertiary/aromatic N) is 2. The van der Waals surface area contributed by atoms with Crippen LogP contribution in [-0.4, -0.2) is 46.8 Å². The van der Waals surface area contributed by atoms with Gasteiger partial charge in [-0.3, -0.25) is 14.2 Å². The Morgan fingerprint density at radius 1 is 1.33 bits per heavy atom. The number of carbonyl (C=O) groups excluding carboxylic acids is 1. The van der Waals surface area contributed by atoms with Crippen molar-refractivity contribution in [1.82, 2.24) is 14.9 Å². The lowest BCUT2D eigenvalue weighted by molar-refractivity contribution is -0.121. The molecule has 1 amide bonds. The number of amides is 1.